The van der Waals surface area contributed by atoms with E-state index in [4.69, 9.17) is 16.3 Å². The van der Waals surface area contributed by atoms with E-state index in [2.05, 4.69) is 22.3 Å². The van der Waals surface area contributed by atoms with Gasteiger partial charge in [-0.25, -0.2) is 0 Å². The van der Waals surface area contributed by atoms with E-state index in [1.54, 1.807) is 18.2 Å². The molecule has 0 saturated carbocycles. The van der Waals surface area contributed by atoms with Gasteiger partial charge in [0, 0.05) is 41.8 Å². The topological polar surface area (TPSA) is 44.7 Å². The normalized spacial score (nSPS) is 26.8. The van der Waals surface area contributed by atoms with Crippen LogP contribution in [0.2, 0.25) is 5.02 Å². The summed E-state index contributed by atoms with van der Waals surface area (Å²) in [6.07, 6.45) is -2.05. The van der Waals surface area contributed by atoms with Crippen LogP contribution in [-0.2, 0) is 16.5 Å². The molecule has 4 atom stereocenters. The second kappa shape index (κ2) is 10.4. The van der Waals surface area contributed by atoms with Crippen molar-refractivity contribution in [2.45, 2.75) is 55.7 Å². The van der Waals surface area contributed by atoms with Crippen LogP contribution in [0, 0.1) is 5.92 Å². The first-order valence-corrected chi connectivity index (χ1v) is 14.0. The molecule has 3 aromatic rings. The predicted octanol–water partition coefficient (Wildman–Crippen LogP) is 7.35. The molecule has 0 unspecified atom stereocenters. The van der Waals surface area contributed by atoms with Crippen LogP contribution in [0.15, 0.2) is 72.8 Å². The zero-order valence-corrected chi connectivity index (χ0v) is 22.3. The molecule has 3 heterocycles. The predicted molar refractivity (Wildman–Crippen MR) is 146 cm³/mol. The van der Waals surface area contributed by atoms with Crippen LogP contribution in [0.25, 0.3) is 0 Å². The van der Waals surface area contributed by atoms with E-state index < -0.39 is 23.4 Å². The van der Waals surface area contributed by atoms with Crippen molar-refractivity contribution in [3.63, 3.8) is 0 Å². The Bertz CT molecular complexity index is 1290. The van der Waals surface area contributed by atoms with Crippen molar-refractivity contribution in [3.8, 4) is 0 Å². The summed E-state index contributed by atoms with van der Waals surface area (Å²) in [6.45, 7) is 2.13. The zero-order chi connectivity index (χ0) is 27.2. The van der Waals surface area contributed by atoms with E-state index in [0.29, 0.717) is 35.7 Å². The number of rotatable bonds is 4. The van der Waals surface area contributed by atoms with Gasteiger partial charge in [-0.3, -0.25) is 0 Å². The maximum atomic E-state index is 13.6. The van der Waals surface area contributed by atoms with Crippen LogP contribution in [0.5, 0.6) is 0 Å². The smallest absolute Gasteiger partial charge is 0.385 e. The molecule has 206 valence electrons. The number of halogens is 4. The van der Waals surface area contributed by atoms with Crippen molar-refractivity contribution in [3.05, 3.63) is 100 Å². The lowest BCUT2D eigenvalue weighted by molar-refractivity contribution is -0.138. The summed E-state index contributed by atoms with van der Waals surface area (Å²) >= 11 is 6.02. The summed E-state index contributed by atoms with van der Waals surface area (Å²) in [5, 5.41) is 15.4. The monoisotopic (exact) mass is 556 g/mol. The molecule has 2 saturated heterocycles. The second-order valence-electron chi connectivity index (χ2n) is 11.1. The molecule has 0 aliphatic carbocycles. The summed E-state index contributed by atoms with van der Waals surface area (Å²) in [5.41, 5.74) is 1.74. The third-order valence-electron chi connectivity index (χ3n) is 8.66. The minimum absolute atomic E-state index is 0.0241. The third kappa shape index (κ3) is 5.42. The lowest BCUT2D eigenvalue weighted by Crippen LogP contribution is -2.47. The number of nitrogens with zero attached hydrogens (tertiary/aromatic N) is 1. The number of nitrogens with one attached hydrogen (secondary N) is 1. The van der Waals surface area contributed by atoms with Crippen LogP contribution in [0.3, 0.4) is 0 Å². The maximum Gasteiger partial charge on any atom is 0.416 e. The summed E-state index contributed by atoms with van der Waals surface area (Å²) in [6, 6.07) is 21.3. The number of alkyl halides is 3. The van der Waals surface area contributed by atoms with Gasteiger partial charge in [-0.15, -0.1) is 0 Å². The lowest BCUT2D eigenvalue weighted by Gasteiger charge is -2.47. The Hall–Kier alpha value is -2.58. The van der Waals surface area contributed by atoms with Crippen LogP contribution >= 0.6 is 11.6 Å². The minimum atomic E-state index is -4.41. The van der Waals surface area contributed by atoms with Gasteiger partial charge < -0.3 is 20.1 Å². The Morgan fingerprint density at radius 2 is 1.69 bits per heavy atom. The molecule has 3 aliphatic heterocycles. The molecule has 2 fully saturated rings. The molecule has 0 bridgehead atoms. The summed E-state index contributed by atoms with van der Waals surface area (Å²) < 4.78 is 47.5. The fourth-order valence-corrected chi connectivity index (χ4v) is 6.63. The van der Waals surface area contributed by atoms with Crippen molar-refractivity contribution in [2.75, 3.05) is 25.0 Å². The quantitative estimate of drug-likeness (QED) is 0.353. The van der Waals surface area contributed by atoms with E-state index in [0.717, 1.165) is 43.1 Å². The number of ether oxygens (including phenoxy) is 1. The van der Waals surface area contributed by atoms with Crippen LogP contribution in [0.1, 0.15) is 60.1 Å². The highest BCUT2D eigenvalue weighted by molar-refractivity contribution is 6.30. The molecule has 8 heteroatoms. The Labute approximate surface area is 231 Å². The number of hydrogen-bond donors (Lipinski definition) is 2. The molecule has 0 radical (unpaired) electrons. The molecule has 3 aromatic carbocycles. The third-order valence-corrected chi connectivity index (χ3v) is 8.91. The number of benzene rings is 3. The van der Waals surface area contributed by atoms with E-state index in [1.807, 2.05) is 30.3 Å². The molecular formula is C31H32ClF3N2O2. The highest BCUT2D eigenvalue weighted by Crippen LogP contribution is 2.51. The number of fused-ring (bicyclic) bond motifs is 3. The highest BCUT2D eigenvalue weighted by Gasteiger charge is 2.44. The Morgan fingerprint density at radius 1 is 0.974 bits per heavy atom. The Morgan fingerprint density at radius 3 is 2.38 bits per heavy atom. The molecule has 0 aromatic heterocycles. The van der Waals surface area contributed by atoms with Crippen LogP contribution in [-0.4, -0.2) is 35.7 Å². The van der Waals surface area contributed by atoms with Crippen molar-refractivity contribution < 1.29 is 23.0 Å². The van der Waals surface area contributed by atoms with Gasteiger partial charge in [-0.05, 0) is 67.1 Å². The number of anilines is 1. The van der Waals surface area contributed by atoms with E-state index in [1.165, 1.54) is 6.07 Å². The van der Waals surface area contributed by atoms with Crippen LogP contribution in [0.4, 0.5) is 18.9 Å². The van der Waals surface area contributed by atoms with Gasteiger partial charge in [0.05, 0.1) is 29.4 Å². The van der Waals surface area contributed by atoms with Crippen LogP contribution < -0.4 is 5.32 Å². The average molecular weight is 557 g/mol. The van der Waals surface area contributed by atoms with Crippen molar-refractivity contribution in [2.24, 2.45) is 5.92 Å². The van der Waals surface area contributed by atoms with Gasteiger partial charge in [0.25, 0.3) is 0 Å². The number of hydrogen-bond acceptors (Lipinski definition) is 4. The minimum Gasteiger partial charge on any atom is -0.385 e. The van der Waals surface area contributed by atoms with Gasteiger partial charge in [-0.1, -0.05) is 54.1 Å². The Kier molecular flexibility index (Phi) is 7.12. The molecule has 3 aliphatic rings. The first kappa shape index (κ1) is 26.6. The van der Waals surface area contributed by atoms with Gasteiger partial charge >= 0.3 is 6.18 Å². The standard InChI is InChI=1S/C31H32ClF3N2O2/c32-23-9-6-21(7-10-23)30(38)14-16-37(17-15-30)19-24-11-12-25-28(20-4-2-1-3-5-20)36-27-13-8-22(31(33,34)35)18-26(27)29(25)39-24/h1-10,13,18,24-25,28-29,36,38H,11-12,14-17,19H2/t24-,25+,28+,29+/m1/s1. The number of piperidine rings is 1. The molecule has 0 amide bonds. The summed E-state index contributed by atoms with van der Waals surface area (Å²) in [7, 11) is 0. The first-order chi connectivity index (χ1) is 18.7. The van der Waals surface area contributed by atoms with Crippen molar-refractivity contribution >= 4 is 17.3 Å². The zero-order valence-electron chi connectivity index (χ0n) is 21.5. The summed E-state index contributed by atoms with van der Waals surface area (Å²) in [4.78, 5) is 2.30. The SMILES string of the molecule is OC1(c2ccc(Cl)cc2)CCN(C[C@H]2CC[C@@H]3[C@H](O2)c2cc(C(F)(F)F)ccc2N[C@H]3c2ccccc2)CC1. The van der Waals surface area contributed by atoms with Gasteiger partial charge in [0.15, 0.2) is 0 Å². The lowest BCUT2D eigenvalue weighted by atomic mass is 9.76. The molecular weight excluding hydrogens is 525 g/mol. The fraction of sp³-hybridized carbons (Fsp3) is 0.419. The fourth-order valence-electron chi connectivity index (χ4n) is 6.50. The molecule has 39 heavy (non-hydrogen) atoms. The first-order valence-electron chi connectivity index (χ1n) is 13.6. The molecule has 4 nitrogen and oxygen atoms in total. The highest BCUT2D eigenvalue weighted by atomic mass is 35.5. The summed E-state index contributed by atoms with van der Waals surface area (Å²) in [5.74, 6) is 0.0241. The molecule has 6 rings (SSSR count). The van der Waals surface area contributed by atoms with Gasteiger partial charge in [0.1, 0.15) is 0 Å². The van der Waals surface area contributed by atoms with E-state index >= 15 is 0 Å². The maximum absolute atomic E-state index is 13.6. The van der Waals surface area contributed by atoms with Crippen molar-refractivity contribution in [1.29, 1.82) is 0 Å². The number of aliphatic hydroxyl groups is 1. The van der Waals surface area contributed by atoms with Gasteiger partial charge in [-0.2, -0.15) is 13.2 Å². The molecule has 2 N–H and O–H groups in total. The van der Waals surface area contributed by atoms with Gasteiger partial charge in [0.2, 0.25) is 0 Å². The molecule has 0 spiro atoms. The number of likely N-dealkylation sites (tertiary alicyclic amines) is 1. The van der Waals surface area contributed by atoms with E-state index in [-0.39, 0.29) is 18.1 Å². The van der Waals surface area contributed by atoms with Crippen molar-refractivity contribution in [1.82, 2.24) is 4.90 Å². The Balaban J connectivity index is 1.19. The van der Waals surface area contributed by atoms with E-state index in [9.17, 15) is 18.3 Å². The second-order valence-corrected chi connectivity index (χ2v) is 11.5. The largest absolute Gasteiger partial charge is 0.416 e. The average Bonchev–Trinajstić information content (AvgIpc) is 2.94.